The Hall–Kier alpha value is -2.58. The van der Waals surface area contributed by atoms with Gasteiger partial charge in [-0.15, -0.1) is 0 Å². The molecule has 1 aliphatic rings. The highest BCUT2D eigenvalue weighted by molar-refractivity contribution is 7.99. The van der Waals surface area contributed by atoms with Gasteiger partial charge in [-0.25, -0.2) is 4.39 Å². The van der Waals surface area contributed by atoms with Gasteiger partial charge in [0.15, 0.2) is 0 Å². The maximum absolute atomic E-state index is 13.1. The van der Waals surface area contributed by atoms with Gasteiger partial charge in [0.05, 0.1) is 6.54 Å². The predicted molar refractivity (Wildman–Crippen MR) is 118 cm³/mol. The summed E-state index contributed by atoms with van der Waals surface area (Å²) < 4.78 is 18.6. The van der Waals surface area contributed by atoms with Gasteiger partial charge in [0.1, 0.15) is 18.2 Å². The minimum atomic E-state index is -0.347. The number of nitrogens with one attached hydrogen (secondary N) is 1. The van der Waals surface area contributed by atoms with Crippen molar-refractivity contribution < 1.29 is 18.7 Å². The third-order valence-electron chi connectivity index (χ3n) is 4.64. The van der Waals surface area contributed by atoms with E-state index in [1.807, 2.05) is 28.6 Å². The lowest BCUT2D eigenvalue weighted by Crippen LogP contribution is -2.38. The fourth-order valence-corrected chi connectivity index (χ4v) is 3.98. The summed E-state index contributed by atoms with van der Waals surface area (Å²) >= 11 is 1.85. The van der Waals surface area contributed by atoms with Crippen LogP contribution in [0.3, 0.4) is 0 Å². The molecule has 1 N–H and O–H groups in total. The van der Waals surface area contributed by atoms with Gasteiger partial charge < -0.3 is 15.0 Å². The number of rotatable bonds is 8. The molecule has 0 unspecified atom stereocenters. The molecule has 1 heterocycles. The minimum absolute atomic E-state index is 0.00184. The van der Waals surface area contributed by atoms with Gasteiger partial charge >= 0.3 is 0 Å². The Labute approximate surface area is 180 Å². The van der Waals surface area contributed by atoms with Gasteiger partial charge in [-0.1, -0.05) is 12.1 Å². The first-order valence-corrected chi connectivity index (χ1v) is 11.0. The number of nitrogens with zero attached hydrogens (tertiary/aromatic N) is 2. The van der Waals surface area contributed by atoms with E-state index in [-0.39, 0.29) is 24.2 Å². The number of amides is 2. The molecule has 0 radical (unpaired) electrons. The van der Waals surface area contributed by atoms with Gasteiger partial charge in [0.25, 0.3) is 5.91 Å². The van der Waals surface area contributed by atoms with Crippen molar-refractivity contribution in [2.24, 2.45) is 0 Å². The zero-order valence-corrected chi connectivity index (χ0v) is 17.8. The van der Waals surface area contributed by atoms with Crippen LogP contribution in [-0.2, 0) is 4.79 Å². The molecule has 0 spiro atoms. The standard InChI is InChI=1S/C22H26FN3O3S/c1-25(8-11-29-20-7-3-5-18(23)15-20)16-21(27)24-19-6-2-4-17(14-19)22(28)26-9-12-30-13-10-26/h2-7,14-15H,8-13,16H2,1H3,(H,24,27). The van der Waals surface area contributed by atoms with E-state index in [0.29, 0.717) is 30.2 Å². The number of hydrogen-bond acceptors (Lipinski definition) is 5. The molecule has 0 aliphatic carbocycles. The minimum Gasteiger partial charge on any atom is -0.492 e. The van der Waals surface area contributed by atoms with Crippen LogP contribution in [0, 0.1) is 5.82 Å². The van der Waals surface area contributed by atoms with Crippen LogP contribution in [0.5, 0.6) is 5.75 Å². The smallest absolute Gasteiger partial charge is 0.253 e. The van der Waals surface area contributed by atoms with Crippen molar-refractivity contribution >= 4 is 29.3 Å². The van der Waals surface area contributed by atoms with Crippen LogP contribution in [0.2, 0.25) is 0 Å². The molecule has 2 aromatic carbocycles. The monoisotopic (exact) mass is 431 g/mol. The molecular formula is C22H26FN3O3S. The van der Waals surface area contributed by atoms with Gasteiger partial charge in [-0.3, -0.25) is 14.5 Å². The van der Waals surface area contributed by atoms with E-state index in [0.717, 1.165) is 24.6 Å². The molecule has 30 heavy (non-hydrogen) atoms. The lowest BCUT2D eigenvalue weighted by atomic mass is 10.1. The highest BCUT2D eigenvalue weighted by Gasteiger charge is 2.18. The average Bonchev–Trinajstić information content (AvgIpc) is 2.74. The molecule has 2 amide bonds. The van der Waals surface area contributed by atoms with Crippen molar-refractivity contribution in [3.8, 4) is 5.75 Å². The molecule has 2 aromatic rings. The van der Waals surface area contributed by atoms with Crippen molar-refractivity contribution in [2.45, 2.75) is 0 Å². The van der Waals surface area contributed by atoms with Crippen LogP contribution in [0.25, 0.3) is 0 Å². The van der Waals surface area contributed by atoms with Crippen molar-refractivity contribution in [1.29, 1.82) is 0 Å². The zero-order valence-electron chi connectivity index (χ0n) is 17.0. The van der Waals surface area contributed by atoms with Crippen molar-refractivity contribution in [2.75, 3.05) is 56.7 Å². The topological polar surface area (TPSA) is 61.9 Å². The number of ether oxygens (including phenoxy) is 1. The van der Waals surface area contributed by atoms with E-state index in [4.69, 9.17) is 4.74 Å². The summed E-state index contributed by atoms with van der Waals surface area (Å²) in [7, 11) is 1.81. The Morgan fingerprint density at radius 1 is 1.17 bits per heavy atom. The first-order chi connectivity index (χ1) is 14.5. The van der Waals surface area contributed by atoms with E-state index in [2.05, 4.69) is 5.32 Å². The molecule has 0 bridgehead atoms. The van der Waals surface area contributed by atoms with Crippen LogP contribution in [0.1, 0.15) is 10.4 Å². The highest BCUT2D eigenvalue weighted by Crippen LogP contribution is 2.16. The van der Waals surface area contributed by atoms with Crippen LogP contribution >= 0.6 is 11.8 Å². The molecule has 160 valence electrons. The van der Waals surface area contributed by atoms with Gasteiger partial charge in [0.2, 0.25) is 5.91 Å². The van der Waals surface area contributed by atoms with Crippen molar-refractivity contribution in [1.82, 2.24) is 9.80 Å². The molecule has 3 rings (SSSR count). The number of benzene rings is 2. The predicted octanol–water partition coefficient (Wildman–Crippen LogP) is 2.96. The summed E-state index contributed by atoms with van der Waals surface area (Å²) in [6.07, 6.45) is 0. The van der Waals surface area contributed by atoms with Crippen molar-refractivity contribution in [3.05, 3.63) is 59.9 Å². The van der Waals surface area contributed by atoms with E-state index >= 15 is 0 Å². The summed E-state index contributed by atoms with van der Waals surface area (Å²) in [4.78, 5) is 28.6. The van der Waals surface area contributed by atoms with E-state index in [1.54, 1.807) is 36.4 Å². The molecule has 6 nitrogen and oxygen atoms in total. The van der Waals surface area contributed by atoms with E-state index < -0.39 is 0 Å². The summed E-state index contributed by atoms with van der Waals surface area (Å²) in [6.45, 7) is 2.53. The molecule has 0 saturated carbocycles. The Bertz CT molecular complexity index is 874. The summed E-state index contributed by atoms with van der Waals surface area (Å²) in [5.74, 6) is 1.84. The first kappa shape index (κ1) is 22.1. The number of likely N-dealkylation sites (N-methyl/N-ethyl adjacent to an activating group) is 1. The van der Waals surface area contributed by atoms with Crippen molar-refractivity contribution in [3.63, 3.8) is 0 Å². The quantitative estimate of drug-likeness (QED) is 0.696. The Balaban J connectivity index is 1.45. The maximum Gasteiger partial charge on any atom is 0.253 e. The lowest BCUT2D eigenvalue weighted by Gasteiger charge is -2.26. The van der Waals surface area contributed by atoms with Gasteiger partial charge in [-0.05, 0) is 37.4 Å². The fourth-order valence-electron chi connectivity index (χ4n) is 3.08. The number of halogens is 1. The molecule has 1 saturated heterocycles. The third kappa shape index (κ3) is 6.74. The molecule has 0 aromatic heterocycles. The molecular weight excluding hydrogens is 405 g/mol. The third-order valence-corrected chi connectivity index (χ3v) is 5.59. The second-order valence-electron chi connectivity index (χ2n) is 7.08. The second kappa shape index (κ2) is 11.0. The SMILES string of the molecule is CN(CCOc1cccc(F)c1)CC(=O)Nc1cccc(C(=O)N2CCSCC2)c1. The molecule has 1 fully saturated rings. The Kier molecular flexibility index (Phi) is 8.10. The van der Waals surface area contributed by atoms with E-state index in [1.165, 1.54) is 12.1 Å². The first-order valence-electron chi connectivity index (χ1n) is 9.85. The van der Waals surface area contributed by atoms with Crippen LogP contribution in [0.4, 0.5) is 10.1 Å². The fraction of sp³-hybridized carbons (Fsp3) is 0.364. The zero-order chi connectivity index (χ0) is 21.3. The number of carbonyl (C=O) groups is 2. The Morgan fingerprint density at radius 3 is 2.70 bits per heavy atom. The second-order valence-corrected chi connectivity index (χ2v) is 8.30. The highest BCUT2D eigenvalue weighted by atomic mass is 32.2. The van der Waals surface area contributed by atoms with Gasteiger partial charge in [-0.2, -0.15) is 11.8 Å². The molecule has 8 heteroatoms. The number of thioether (sulfide) groups is 1. The van der Waals surface area contributed by atoms with Crippen LogP contribution in [0.15, 0.2) is 48.5 Å². The number of carbonyl (C=O) groups excluding carboxylic acids is 2. The van der Waals surface area contributed by atoms with Gasteiger partial charge in [0, 0.05) is 48.5 Å². The van der Waals surface area contributed by atoms with Crippen LogP contribution < -0.4 is 10.1 Å². The van der Waals surface area contributed by atoms with Crippen LogP contribution in [-0.4, -0.2) is 73.0 Å². The lowest BCUT2D eigenvalue weighted by molar-refractivity contribution is -0.117. The average molecular weight is 432 g/mol. The summed E-state index contributed by atoms with van der Waals surface area (Å²) in [5, 5.41) is 2.84. The number of hydrogen-bond donors (Lipinski definition) is 1. The molecule has 1 aliphatic heterocycles. The largest absolute Gasteiger partial charge is 0.492 e. The Morgan fingerprint density at radius 2 is 1.93 bits per heavy atom. The normalized spacial score (nSPS) is 13.9. The summed E-state index contributed by atoms with van der Waals surface area (Å²) in [5.41, 5.74) is 1.18. The molecule has 0 atom stereocenters. The number of anilines is 1. The maximum atomic E-state index is 13.1. The van der Waals surface area contributed by atoms with E-state index in [9.17, 15) is 14.0 Å². The summed E-state index contributed by atoms with van der Waals surface area (Å²) in [6, 6.07) is 13.0.